The van der Waals surface area contributed by atoms with Gasteiger partial charge in [-0.15, -0.1) is 11.3 Å². The number of rotatable bonds is 11. The van der Waals surface area contributed by atoms with E-state index in [1.54, 1.807) is 43.6 Å². The Morgan fingerprint density at radius 3 is 2.58 bits per heavy atom. The van der Waals surface area contributed by atoms with Gasteiger partial charge in [-0.1, -0.05) is 6.07 Å². The predicted octanol–water partition coefficient (Wildman–Crippen LogP) is 4.70. The minimum absolute atomic E-state index is 0.194. The summed E-state index contributed by atoms with van der Waals surface area (Å²) in [4.78, 5) is 22.4. The number of sulfone groups is 1. The molecule has 198 valence electrons. The second-order valence-electron chi connectivity index (χ2n) is 8.53. The van der Waals surface area contributed by atoms with E-state index in [9.17, 15) is 13.2 Å². The standard InChI is InChI=1S/C27H28N4O5S2/c1-18-5-4-10-29-25(18)19-13-20(26(32)31-27-30-21(17-37-27)16-28-11-12-35-2)15-23(14-19)36-22-6-8-24(9-7-22)38(3,33)34/h4-10,13-15,17,28H,11-12,16H2,1-3H3,(H,30,31,32). The molecule has 2 heterocycles. The number of nitrogens with zero attached hydrogens (tertiary/aromatic N) is 2. The van der Waals surface area contributed by atoms with Crippen molar-refractivity contribution in [1.29, 1.82) is 0 Å². The molecular weight excluding hydrogens is 524 g/mol. The lowest BCUT2D eigenvalue weighted by molar-refractivity contribution is 0.102. The molecule has 4 rings (SSSR count). The number of aromatic nitrogens is 2. The average Bonchev–Trinajstić information content (AvgIpc) is 3.33. The molecule has 11 heteroatoms. The molecule has 1 amide bonds. The highest BCUT2D eigenvalue weighted by molar-refractivity contribution is 7.90. The molecule has 0 aliphatic heterocycles. The van der Waals surface area contributed by atoms with Crippen LogP contribution in [0, 0.1) is 6.92 Å². The molecule has 2 aromatic carbocycles. The van der Waals surface area contributed by atoms with Crippen LogP contribution in [-0.4, -0.2) is 50.8 Å². The average molecular weight is 553 g/mol. The summed E-state index contributed by atoms with van der Waals surface area (Å²) in [7, 11) is -1.68. The van der Waals surface area contributed by atoms with Gasteiger partial charge in [0.05, 0.1) is 22.9 Å². The number of ether oxygens (including phenoxy) is 2. The molecule has 0 unspecified atom stereocenters. The summed E-state index contributed by atoms with van der Waals surface area (Å²) >= 11 is 1.34. The third-order valence-electron chi connectivity index (χ3n) is 5.50. The summed E-state index contributed by atoms with van der Waals surface area (Å²) < 4.78 is 34.6. The highest BCUT2D eigenvalue weighted by Gasteiger charge is 2.15. The number of nitrogens with one attached hydrogen (secondary N) is 2. The lowest BCUT2D eigenvalue weighted by Gasteiger charge is -2.12. The number of carbonyl (C=O) groups is 1. The van der Waals surface area contributed by atoms with E-state index < -0.39 is 9.84 Å². The Labute approximate surface area is 225 Å². The van der Waals surface area contributed by atoms with Crippen molar-refractivity contribution in [2.75, 3.05) is 31.8 Å². The summed E-state index contributed by atoms with van der Waals surface area (Å²) in [5.41, 5.74) is 3.56. The molecular formula is C27H28N4O5S2. The fourth-order valence-corrected chi connectivity index (χ4v) is 4.95. The summed E-state index contributed by atoms with van der Waals surface area (Å²) in [6, 6.07) is 15.1. The van der Waals surface area contributed by atoms with E-state index in [0.717, 1.165) is 23.2 Å². The lowest BCUT2D eigenvalue weighted by Crippen LogP contribution is -2.18. The zero-order valence-corrected chi connectivity index (χ0v) is 22.9. The third kappa shape index (κ3) is 7.23. The molecule has 0 saturated carbocycles. The number of pyridine rings is 1. The van der Waals surface area contributed by atoms with E-state index in [-0.39, 0.29) is 10.8 Å². The van der Waals surface area contributed by atoms with Crippen LogP contribution in [0.2, 0.25) is 0 Å². The molecule has 0 bridgehead atoms. The second-order valence-corrected chi connectivity index (χ2v) is 11.4. The number of carbonyl (C=O) groups excluding carboxylic acids is 1. The third-order valence-corrected chi connectivity index (χ3v) is 7.44. The van der Waals surface area contributed by atoms with Crippen molar-refractivity contribution in [2.24, 2.45) is 0 Å². The highest BCUT2D eigenvalue weighted by atomic mass is 32.2. The zero-order chi connectivity index (χ0) is 27.1. The number of anilines is 1. The number of benzene rings is 2. The van der Waals surface area contributed by atoms with Crippen molar-refractivity contribution in [1.82, 2.24) is 15.3 Å². The predicted molar refractivity (Wildman–Crippen MR) is 148 cm³/mol. The second kappa shape index (κ2) is 12.3. The quantitative estimate of drug-likeness (QED) is 0.257. The number of aryl methyl sites for hydroxylation is 1. The first kappa shape index (κ1) is 27.4. The van der Waals surface area contributed by atoms with Crippen molar-refractivity contribution in [2.45, 2.75) is 18.4 Å². The maximum Gasteiger partial charge on any atom is 0.257 e. The van der Waals surface area contributed by atoms with Crippen LogP contribution in [0.25, 0.3) is 11.3 Å². The van der Waals surface area contributed by atoms with E-state index in [0.29, 0.717) is 47.5 Å². The minimum Gasteiger partial charge on any atom is -0.457 e. The first-order valence-electron chi connectivity index (χ1n) is 11.7. The first-order chi connectivity index (χ1) is 18.2. The van der Waals surface area contributed by atoms with Crippen molar-refractivity contribution < 1.29 is 22.7 Å². The summed E-state index contributed by atoms with van der Waals surface area (Å²) in [6.45, 7) is 3.82. The van der Waals surface area contributed by atoms with Crippen LogP contribution in [-0.2, 0) is 21.1 Å². The van der Waals surface area contributed by atoms with E-state index in [1.165, 1.54) is 23.5 Å². The molecule has 2 aromatic heterocycles. The fourth-order valence-electron chi connectivity index (χ4n) is 3.61. The van der Waals surface area contributed by atoms with E-state index in [1.807, 2.05) is 24.4 Å². The van der Waals surface area contributed by atoms with Crippen LogP contribution < -0.4 is 15.4 Å². The fraction of sp³-hybridized carbons (Fsp3) is 0.222. The van der Waals surface area contributed by atoms with Gasteiger partial charge in [0.15, 0.2) is 15.0 Å². The van der Waals surface area contributed by atoms with Crippen LogP contribution in [0.5, 0.6) is 11.5 Å². The Kier molecular flexibility index (Phi) is 8.85. The lowest BCUT2D eigenvalue weighted by atomic mass is 10.0. The van der Waals surface area contributed by atoms with Crippen molar-refractivity contribution in [3.63, 3.8) is 0 Å². The Balaban J connectivity index is 1.59. The molecule has 0 atom stereocenters. The minimum atomic E-state index is -3.33. The van der Waals surface area contributed by atoms with Crippen LogP contribution in [0.3, 0.4) is 0 Å². The zero-order valence-electron chi connectivity index (χ0n) is 21.2. The Hall–Kier alpha value is -3.64. The topological polar surface area (TPSA) is 120 Å². The largest absolute Gasteiger partial charge is 0.457 e. The van der Waals surface area contributed by atoms with Crippen LogP contribution in [0.1, 0.15) is 21.6 Å². The van der Waals surface area contributed by atoms with Crippen molar-refractivity contribution >= 4 is 32.2 Å². The Morgan fingerprint density at radius 2 is 1.87 bits per heavy atom. The van der Waals surface area contributed by atoms with Crippen LogP contribution in [0.15, 0.2) is 71.1 Å². The van der Waals surface area contributed by atoms with Crippen molar-refractivity contribution in [3.05, 3.63) is 83.0 Å². The van der Waals surface area contributed by atoms with Crippen LogP contribution in [0.4, 0.5) is 5.13 Å². The molecule has 0 saturated heterocycles. The number of hydrogen-bond acceptors (Lipinski definition) is 9. The number of amides is 1. The molecule has 0 aliphatic rings. The monoisotopic (exact) mass is 552 g/mol. The van der Waals surface area contributed by atoms with Gasteiger partial charge in [0.2, 0.25) is 0 Å². The SMILES string of the molecule is COCCNCc1csc(NC(=O)c2cc(Oc3ccc(S(C)(=O)=O)cc3)cc(-c3ncccc3C)c2)n1. The molecule has 2 N–H and O–H groups in total. The maximum absolute atomic E-state index is 13.2. The molecule has 4 aromatic rings. The molecule has 0 spiro atoms. The van der Waals surface area contributed by atoms with E-state index in [4.69, 9.17) is 9.47 Å². The molecule has 0 aliphatic carbocycles. The smallest absolute Gasteiger partial charge is 0.257 e. The first-order valence-corrected chi connectivity index (χ1v) is 14.5. The van der Waals surface area contributed by atoms with Gasteiger partial charge in [-0.05, 0) is 61.0 Å². The number of methoxy groups -OCH3 is 1. The van der Waals surface area contributed by atoms with Gasteiger partial charge in [-0.2, -0.15) is 0 Å². The molecule has 38 heavy (non-hydrogen) atoms. The van der Waals surface area contributed by atoms with Gasteiger partial charge < -0.3 is 14.8 Å². The molecule has 9 nitrogen and oxygen atoms in total. The van der Waals surface area contributed by atoms with Gasteiger partial charge in [-0.3, -0.25) is 15.1 Å². The number of hydrogen-bond donors (Lipinski definition) is 2. The van der Waals surface area contributed by atoms with E-state index in [2.05, 4.69) is 20.6 Å². The Bertz CT molecular complexity index is 1520. The normalized spacial score (nSPS) is 11.3. The summed E-state index contributed by atoms with van der Waals surface area (Å²) in [5, 5.41) is 8.46. The van der Waals surface area contributed by atoms with Crippen LogP contribution >= 0.6 is 11.3 Å². The maximum atomic E-state index is 13.2. The summed E-state index contributed by atoms with van der Waals surface area (Å²) in [6.07, 6.45) is 2.84. The van der Waals surface area contributed by atoms with Gasteiger partial charge in [0, 0.05) is 49.2 Å². The summed E-state index contributed by atoms with van der Waals surface area (Å²) in [5.74, 6) is 0.502. The number of thiazole rings is 1. The van der Waals surface area contributed by atoms with Gasteiger partial charge in [-0.25, -0.2) is 13.4 Å². The van der Waals surface area contributed by atoms with Gasteiger partial charge in [0.25, 0.3) is 5.91 Å². The molecule has 0 fully saturated rings. The van der Waals surface area contributed by atoms with Crippen molar-refractivity contribution in [3.8, 4) is 22.8 Å². The van der Waals surface area contributed by atoms with Gasteiger partial charge >= 0.3 is 0 Å². The van der Waals surface area contributed by atoms with E-state index >= 15 is 0 Å². The van der Waals surface area contributed by atoms with Gasteiger partial charge in [0.1, 0.15) is 11.5 Å². The highest BCUT2D eigenvalue weighted by Crippen LogP contribution is 2.31. The Morgan fingerprint density at radius 1 is 1.08 bits per heavy atom. The molecule has 0 radical (unpaired) electrons.